The number of ether oxygens (including phenoxy) is 1. The van der Waals surface area contributed by atoms with Crippen LogP contribution in [-0.2, 0) is 9.84 Å². The molecule has 4 nitrogen and oxygen atoms in total. The molecule has 0 bridgehead atoms. The van der Waals surface area contributed by atoms with Crippen LogP contribution >= 0.6 is 11.6 Å². The van der Waals surface area contributed by atoms with Crippen LogP contribution in [0.3, 0.4) is 0 Å². The molecule has 0 radical (unpaired) electrons. The molecule has 23 heavy (non-hydrogen) atoms. The van der Waals surface area contributed by atoms with Crippen LogP contribution in [0.15, 0.2) is 18.2 Å². The fraction of sp³-hybridized carbons (Fsp3) is 0.647. The molecule has 0 aliphatic carbocycles. The van der Waals surface area contributed by atoms with Crippen LogP contribution in [0, 0.1) is 5.92 Å². The Balaban J connectivity index is 2.19. The van der Waals surface area contributed by atoms with Gasteiger partial charge in [-0.3, -0.25) is 0 Å². The van der Waals surface area contributed by atoms with Gasteiger partial charge in [0.15, 0.2) is 0 Å². The topological polar surface area (TPSA) is 55.4 Å². The highest BCUT2D eigenvalue weighted by molar-refractivity contribution is 7.91. The largest absolute Gasteiger partial charge is 0.496 e. The number of nitrogens with one attached hydrogen (secondary N) is 1. The molecular formula is C17H26ClNO3S. The lowest BCUT2D eigenvalue weighted by Gasteiger charge is -2.30. The highest BCUT2D eigenvalue weighted by Gasteiger charge is 2.27. The summed E-state index contributed by atoms with van der Waals surface area (Å²) in [6, 6.07) is 5.97. The molecule has 1 N–H and O–H groups in total. The van der Waals surface area contributed by atoms with Crippen molar-refractivity contribution in [2.24, 2.45) is 5.92 Å². The van der Waals surface area contributed by atoms with E-state index < -0.39 is 9.84 Å². The predicted octanol–water partition coefficient (Wildman–Crippen LogP) is 3.60. The molecule has 1 aromatic carbocycles. The van der Waals surface area contributed by atoms with Gasteiger partial charge < -0.3 is 10.1 Å². The molecule has 1 fully saturated rings. The van der Waals surface area contributed by atoms with Gasteiger partial charge in [-0.05, 0) is 43.4 Å². The van der Waals surface area contributed by atoms with Gasteiger partial charge in [-0.25, -0.2) is 8.42 Å². The standard InChI is InChI=1S/C17H26ClNO3S/c1-12(2)10-16(15-11-13(18)4-5-17(15)22-3)19-14-6-8-23(20,21)9-7-14/h4-5,11-12,14,16,19H,6-10H2,1-3H3. The van der Waals surface area contributed by atoms with Gasteiger partial charge in [0, 0.05) is 22.7 Å². The summed E-state index contributed by atoms with van der Waals surface area (Å²) in [6.07, 6.45) is 2.28. The van der Waals surface area contributed by atoms with Crippen LogP contribution in [0.5, 0.6) is 5.75 Å². The van der Waals surface area contributed by atoms with Crippen LogP contribution in [0.1, 0.15) is 44.7 Å². The highest BCUT2D eigenvalue weighted by atomic mass is 35.5. The summed E-state index contributed by atoms with van der Waals surface area (Å²) < 4.78 is 28.7. The van der Waals surface area contributed by atoms with E-state index in [0.29, 0.717) is 23.8 Å². The quantitative estimate of drug-likeness (QED) is 0.843. The van der Waals surface area contributed by atoms with E-state index in [-0.39, 0.29) is 23.6 Å². The fourth-order valence-electron chi connectivity index (χ4n) is 3.07. The number of sulfone groups is 1. The second-order valence-electron chi connectivity index (χ2n) is 6.66. The van der Waals surface area contributed by atoms with Gasteiger partial charge in [0.2, 0.25) is 0 Å². The molecule has 0 amide bonds. The molecule has 130 valence electrons. The van der Waals surface area contributed by atoms with E-state index in [2.05, 4.69) is 19.2 Å². The first-order valence-corrected chi connectivity index (χ1v) is 10.3. The lowest BCUT2D eigenvalue weighted by atomic mass is 9.94. The number of rotatable bonds is 6. The van der Waals surface area contributed by atoms with Gasteiger partial charge in [0.25, 0.3) is 0 Å². The van der Waals surface area contributed by atoms with Crippen LogP contribution in [0.2, 0.25) is 5.02 Å². The Kier molecular flexibility index (Phi) is 6.34. The third-order valence-electron chi connectivity index (χ3n) is 4.27. The van der Waals surface area contributed by atoms with E-state index in [1.54, 1.807) is 7.11 Å². The number of hydrogen-bond acceptors (Lipinski definition) is 4. The van der Waals surface area contributed by atoms with Crippen LogP contribution in [0.25, 0.3) is 0 Å². The first kappa shape index (κ1) is 18.6. The van der Waals surface area contributed by atoms with Gasteiger partial charge in [-0.1, -0.05) is 25.4 Å². The van der Waals surface area contributed by atoms with E-state index in [0.717, 1.165) is 17.7 Å². The van der Waals surface area contributed by atoms with E-state index in [9.17, 15) is 8.42 Å². The van der Waals surface area contributed by atoms with Gasteiger partial charge >= 0.3 is 0 Å². The monoisotopic (exact) mass is 359 g/mol. The Morgan fingerprint density at radius 3 is 2.52 bits per heavy atom. The Bertz CT molecular complexity index is 617. The number of methoxy groups -OCH3 is 1. The smallest absolute Gasteiger partial charge is 0.150 e. The minimum absolute atomic E-state index is 0.106. The van der Waals surface area contributed by atoms with Crippen molar-refractivity contribution in [2.45, 2.75) is 45.2 Å². The summed E-state index contributed by atoms with van der Waals surface area (Å²) in [5.41, 5.74) is 1.04. The highest BCUT2D eigenvalue weighted by Crippen LogP contribution is 2.33. The summed E-state index contributed by atoms with van der Waals surface area (Å²) in [7, 11) is -1.19. The molecular weight excluding hydrogens is 334 g/mol. The Morgan fingerprint density at radius 1 is 1.30 bits per heavy atom. The molecule has 0 saturated carbocycles. The first-order valence-electron chi connectivity index (χ1n) is 8.10. The molecule has 1 aliphatic rings. The Labute approximate surface area is 144 Å². The second-order valence-corrected chi connectivity index (χ2v) is 9.40. The third kappa shape index (κ3) is 5.37. The zero-order valence-electron chi connectivity index (χ0n) is 14.0. The van der Waals surface area contributed by atoms with Crippen LogP contribution in [0.4, 0.5) is 0 Å². The summed E-state index contributed by atoms with van der Waals surface area (Å²) in [5.74, 6) is 1.86. The second kappa shape index (κ2) is 7.86. The van der Waals surface area contributed by atoms with E-state index in [4.69, 9.17) is 16.3 Å². The van der Waals surface area contributed by atoms with Crippen molar-refractivity contribution in [2.75, 3.05) is 18.6 Å². The molecule has 1 unspecified atom stereocenters. The zero-order chi connectivity index (χ0) is 17.0. The summed E-state index contributed by atoms with van der Waals surface area (Å²) in [4.78, 5) is 0. The van der Waals surface area contributed by atoms with Crippen molar-refractivity contribution < 1.29 is 13.2 Å². The van der Waals surface area contributed by atoms with Crippen molar-refractivity contribution in [3.05, 3.63) is 28.8 Å². The maximum atomic E-state index is 11.6. The summed E-state index contributed by atoms with van der Waals surface area (Å²) in [6.45, 7) is 4.36. The molecule has 2 rings (SSSR count). The normalized spacial score (nSPS) is 19.7. The zero-order valence-corrected chi connectivity index (χ0v) is 15.6. The maximum absolute atomic E-state index is 11.6. The van der Waals surface area contributed by atoms with Crippen molar-refractivity contribution in [3.8, 4) is 5.75 Å². The summed E-state index contributed by atoms with van der Waals surface area (Å²) in [5, 5.41) is 4.32. The third-order valence-corrected chi connectivity index (χ3v) is 6.22. The molecule has 6 heteroatoms. The van der Waals surface area contributed by atoms with Crippen molar-refractivity contribution in [1.29, 1.82) is 0 Å². The van der Waals surface area contributed by atoms with Crippen molar-refractivity contribution in [3.63, 3.8) is 0 Å². The predicted molar refractivity (Wildman–Crippen MR) is 95.0 cm³/mol. The molecule has 0 spiro atoms. The minimum Gasteiger partial charge on any atom is -0.496 e. The summed E-state index contributed by atoms with van der Waals surface area (Å²) >= 11 is 6.17. The Hall–Kier alpha value is -0.780. The van der Waals surface area contributed by atoms with E-state index in [1.165, 1.54) is 0 Å². The van der Waals surface area contributed by atoms with Gasteiger partial charge in [0.05, 0.1) is 18.6 Å². The fourth-order valence-corrected chi connectivity index (χ4v) is 4.75. The van der Waals surface area contributed by atoms with Crippen LogP contribution in [-0.4, -0.2) is 33.1 Å². The number of benzene rings is 1. The van der Waals surface area contributed by atoms with Crippen molar-refractivity contribution in [1.82, 2.24) is 5.32 Å². The molecule has 1 aliphatic heterocycles. The van der Waals surface area contributed by atoms with Gasteiger partial charge in [-0.15, -0.1) is 0 Å². The molecule has 1 heterocycles. The average molecular weight is 360 g/mol. The van der Waals surface area contributed by atoms with Gasteiger partial charge in [0.1, 0.15) is 15.6 Å². The Morgan fingerprint density at radius 2 is 1.96 bits per heavy atom. The average Bonchev–Trinajstić information content (AvgIpc) is 2.48. The molecule has 1 aromatic rings. The van der Waals surface area contributed by atoms with Crippen LogP contribution < -0.4 is 10.1 Å². The lowest BCUT2D eigenvalue weighted by molar-refractivity contribution is 0.343. The molecule has 0 aromatic heterocycles. The molecule has 1 atom stereocenters. The number of hydrogen-bond donors (Lipinski definition) is 1. The minimum atomic E-state index is -2.84. The first-order chi connectivity index (χ1) is 10.8. The maximum Gasteiger partial charge on any atom is 0.150 e. The van der Waals surface area contributed by atoms with E-state index in [1.807, 2.05) is 18.2 Å². The lowest BCUT2D eigenvalue weighted by Crippen LogP contribution is -2.40. The number of halogens is 1. The molecule has 1 saturated heterocycles. The van der Waals surface area contributed by atoms with E-state index >= 15 is 0 Å². The van der Waals surface area contributed by atoms with Gasteiger partial charge in [-0.2, -0.15) is 0 Å². The SMILES string of the molecule is COc1ccc(Cl)cc1C(CC(C)C)NC1CCS(=O)(=O)CC1. The van der Waals surface area contributed by atoms with Crippen molar-refractivity contribution >= 4 is 21.4 Å².